The van der Waals surface area contributed by atoms with Gasteiger partial charge >= 0.3 is 0 Å². The number of ether oxygens (including phenoxy) is 2. The number of aromatic nitrogens is 2. The number of carbonyl (C=O) groups excluding carboxylic acids is 1. The number of morpholine rings is 1. The second-order valence-corrected chi connectivity index (χ2v) is 9.13. The van der Waals surface area contributed by atoms with Crippen molar-refractivity contribution < 1.29 is 14.3 Å². The SMILES string of the molecule is Cc1sc2nc(CN3CCOCC3)nc(Nc3ccc4c(c3)NC(=O)C(C)O4)c2c1C. The number of hydrogen-bond donors (Lipinski definition) is 2. The van der Waals surface area contributed by atoms with Crippen molar-refractivity contribution in [3.05, 3.63) is 34.5 Å². The third kappa shape index (κ3) is 3.96. The van der Waals surface area contributed by atoms with E-state index in [-0.39, 0.29) is 5.91 Å². The zero-order chi connectivity index (χ0) is 21.5. The summed E-state index contributed by atoms with van der Waals surface area (Å²) in [5, 5.41) is 7.40. The molecule has 1 amide bonds. The zero-order valence-electron chi connectivity index (χ0n) is 17.8. The number of fused-ring (bicyclic) bond motifs is 2. The zero-order valence-corrected chi connectivity index (χ0v) is 18.6. The highest BCUT2D eigenvalue weighted by Gasteiger charge is 2.24. The van der Waals surface area contributed by atoms with Gasteiger partial charge in [0.2, 0.25) is 0 Å². The Labute approximate surface area is 184 Å². The molecule has 0 saturated carbocycles. The largest absolute Gasteiger partial charge is 0.479 e. The molecular weight excluding hydrogens is 414 g/mol. The van der Waals surface area contributed by atoms with E-state index in [0.29, 0.717) is 18.0 Å². The van der Waals surface area contributed by atoms with Crippen molar-refractivity contribution in [3.63, 3.8) is 0 Å². The van der Waals surface area contributed by atoms with Gasteiger partial charge < -0.3 is 20.1 Å². The van der Waals surface area contributed by atoms with Gasteiger partial charge in [0.1, 0.15) is 22.2 Å². The number of thiophene rings is 1. The lowest BCUT2D eigenvalue weighted by molar-refractivity contribution is -0.122. The average Bonchev–Trinajstić information content (AvgIpc) is 3.03. The van der Waals surface area contributed by atoms with Gasteiger partial charge in [0, 0.05) is 23.7 Å². The molecule has 8 nitrogen and oxygen atoms in total. The van der Waals surface area contributed by atoms with Crippen LogP contribution < -0.4 is 15.4 Å². The van der Waals surface area contributed by atoms with E-state index in [9.17, 15) is 4.79 Å². The number of hydrogen-bond acceptors (Lipinski definition) is 8. The van der Waals surface area contributed by atoms with E-state index in [1.54, 1.807) is 18.3 Å². The molecule has 162 valence electrons. The molecule has 0 bridgehead atoms. The molecule has 2 N–H and O–H groups in total. The standard InChI is InChI=1S/C22H25N5O3S/c1-12-14(3)31-22-19(12)20(25-18(26-22)11-27-6-8-29-9-7-27)23-15-4-5-17-16(10-15)24-21(28)13(2)30-17/h4-5,10,13H,6-9,11H2,1-3H3,(H,24,28)(H,23,25,26). The summed E-state index contributed by atoms with van der Waals surface area (Å²) >= 11 is 1.69. The van der Waals surface area contributed by atoms with Crippen LogP contribution in [-0.2, 0) is 16.1 Å². The number of nitrogens with zero attached hydrogens (tertiary/aromatic N) is 3. The lowest BCUT2D eigenvalue weighted by Crippen LogP contribution is -2.36. The Balaban J connectivity index is 1.49. The van der Waals surface area contributed by atoms with Crippen LogP contribution in [0.2, 0.25) is 0 Å². The molecule has 0 spiro atoms. The summed E-state index contributed by atoms with van der Waals surface area (Å²) in [6.07, 6.45) is -0.494. The van der Waals surface area contributed by atoms with Crippen LogP contribution in [0.25, 0.3) is 10.2 Å². The number of anilines is 3. The number of nitrogens with one attached hydrogen (secondary N) is 2. The molecule has 9 heteroatoms. The van der Waals surface area contributed by atoms with E-state index >= 15 is 0 Å². The van der Waals surface area contributed by atoms with Crippen molar-refractivity contribution in [2.45, 2.75) is 33.4 Å². The highest BCUT2D eigenvalue weighted by molar-refractivity contribution is 7.18. The molecule has 0 aliphatic carbocycles. The Morgan fingerprint density at radius 1 is 1.26 bits per heavy atom. The van der Waals surface area contributed by atoms with Gasteiger partial charge in [-0.3, -0.25) is 9.69 Å². The normalized spacial score (nSPS) is 19.1. The molecule has 5 rings (SSSR count). The first kappa shape index (κ1) is 20.2. The fourth-order valence-electron chi connectivity index (χ4n) is 3.84. The van der Waals surface area contributed by atoms with Gasteiger partial charge in [-0.2, -0.15) is 0 Å². The molecule has 3 aromatic rings. The van der Waals surface area contributed by atoms with E-state index in [4.69, 9.17) is 19.4 Å². The van der Waals surface area contributed by atoms with Crippen molar-refractivity contribution in [2.24, 2.45) is 0 Å². The molecule has 2 aliphatic heterocycles. The monoisotopic (exact) mass is 439 g/mol. The summed E-state index contributed by atoms with van der Waals surface area (Å²) in [6, 6.07) is 5.68. The molecule has 0 radical (unpaired) electrons. The molecule has 1 unspecified atom stereocenters. The van der Waals surface area contributed by atoms with Gasteiger partial charge in [0.25, 0.3) is 5.91 Å². The molecule has 31 heavy (non-hydrogen) atoms. The van der Waals surface area contributed by atoms with Gasteiger partial charge in [-0.1, -0.05) is 0 Å². The highest BCUT2D eigenvalue weighted by Crippen LogP contribution is 2.37. The van der Waals surface area contributed by atoms with Gasteiger partial charge in [-0.05, 0) is 44.5 Å². The van der Waals surface area contributed by atoms with Gasteiger partial charge in [-0.25, -0.2) is 9.97 Å². The van der Waals surface area contributed by atoms with Crippen LogP contribution in [-0.4, -0.2) is 53.2 Å². The van der Waals surface area contributed by atoms with Gasteiger partial charge in [0.05, 0.1) is 30.8 Å². The fourth-order valence-corrected chi connectivity index (χ4v) is 4.89. The van der Waals surface area contributed by atoms with Crippen LogP contribution in [0.3, 0.4) is 0 Å². The van der Waals surface area contributed by atoms with Crippen LogP contribution in [0.1, 0.15) is 23.2 Å². The second kappa shape index (κ2) is 8.07. The summed E-state index contributed by atoms with van der Waals surface area (Å²) in [4.78, 5) is 26.3. The quantitative estimate of drug-likeness (QED) is 0.642. The predicted octanol–water partition coefficient (Wildman–Crippen LogP) is 3.60. The Hall–Kier alpha value is -2.75. The molecule has 1 aromatic carbocycles. The summed E-state index contributed by atoms with van der Waals surface area (Å²) in [6.45, 7) is 9.89. The topological polar surface area (TPSA) is 88.6 Å². The van der Waals surface area contributed by atoms with Gasteiger partial charge in [0.15, 0.2) is 6.10 Å². The first-order valence-corrected chi connectivity index (χ1v) is 11.2. The van der Waals surface area contributed by atoms with E-state index in [1.165, 1.54) is 10.4 Å². The maximum absolute atomic E-state index is 12.0. The smallest absolute Gasteiger partial charge is 0.265 e. The van der Waals surface area contributed by atoms with Crippen LogP contribution in [0.5, 0.6) is 5.75 Å². The minimum absolute atomic E-state index is 0.147. The summed E-state index contributed by atoms with van der Waals surface area (Å²) < 4.78 is 11.1. The summed E-state index contributed by atoms with van der Waals surface area (Å²) in [5.41, 5.74) is 2.67. The average molecular weight is 440 g/mol. The molecule has 2 aromatic heterocycles. The predicted molar refractivity (Wildman–Crippen MR) is 121 cm³/mol. The number of amides is 1. The Morgan fingerprint density at radius 3 is 2.87 bits per heavy atom. The lowest BCUT2D eigenvalue weighted by Gasteiger charge is -2.26. The van der Waals surface area contributed by atoms with Crippen molar-refractivity contribution >= 4 is 44.7 Å². The number of aryl methyl sites for hydroxylation is 2. The van der Waals surface area contributed by atoms with Crippen molar-refractivity contribution in [1.29, 1.82) is 0 Å². The molecule has 1 saturated heterocycles. The minimum atomic E-state index is -0.494. The first-order valence-electron chi connectivity index (χ1n) is 10.4. The van der Waals surface area contributed by atoms with E-state index in [0.717, 1.165) is 53.8 Å². The lowest BCUT2D eigenvalue weighted by atomic mass is 10.2. The third-order valence-corrected chi connectivity index (χ3v) is 6.82. The van der Waals surface area contributed by atoms with Crippen LogP contribution in [0.4, 0.5) is 17.2 Å². The van der Waals surface area contributed by atoms with Crippen LogP contribution in [0, 0.1) is 13.8 Å². The van der Waals surface area contributed by atoms with Crippen molar-refractivity contribution in [2.75, 3.05) is 36.9 Å². The maximum Gasteiger partial charge on any atom is 0.265 e. The summed E-state index contributed by atoms with van der Waals surface area (Å²) in [7, 11) is 0. The fraction of sp³-hybridized carbons (Fsp3) is 0.409. The highest BCUT2D eigenvalue weighted by atomic mass is 32.1. The second-order valence-electron chi connectivity index (χ2n) is 7.93. The van der Waals surface area contributed by atoms with Crippen LogP contribution >= 0.6 is 11.3 Å². The number of benzene rings is 1. The molecule has 4 heterocycles. The summed E-state index contributed by atoms with van der Waals surface area (Å²) in [5.74, 6) is 2.10. The van der Waals surface area contributed by atoms with Crippen molar-refractivity contribution in [3.8, 4) is 5.75 Å². The molecule has 1 atom stereocenters. The molecule has 1 fully saturated rings. The third-order valence-electron chi connectivity index (χ3n) is 5.72. The van der Waals surface area contributed by atoms with Crippen molar-refractivity contribution in [1.82, 2.24) is 14.9 Å². The Bertz CT molecular complexity index is 1160. The minimum Gasteiger partial charge on any atom is -0.479 e. The van der Waals surface area contributed by atoms with E-state index in [1.807, 2.05) is 18.2 Å². The van der Waals surface area contributed by atoms with E-state index < -0.39 is 6.10 Å². The number of rotatable bonds is 4. The van der Waals surface area contributed by atoms with Crippen LogP contribution in [0.15, 0.2) is 18.2 Å². The maximum atomic E-state index is 12.0. The first-order chi connectivity index (χ1) is 15.0. The number of carbonyl (C=O) groups is 1. The Kier molecular flexibility index (Phi) is 5.25. The van der Waals surface area contributed by atoms with Gasteiger partial charge in [-0.15, -0.1) is 11.3 Å². The Morgan fingerprint density at radius 2 is 2.06 bits per heavy atom. The van der Waals surface area contributed by atoms with E-state index in [2.05, 4.69) is 29.4 Å². The molecule has 2 aliphatic rings. The molecular formula is C22H25N5O3S.